The largest absolute Gasteiger partial charge is 0.322 e. The molecule has 0 spiro atoms. The molecule has 0 aromatic heterocycles. The Balaban J connectivity index is 1.55. The predicted molar refractivity (Wildman–Crippen MR) is 124 cm³/mol. The zero-order valence-corrected chi connectivity index (χ0v) is 18.3. The zero-order valence-electron chi connectivity index (χ0n) is 16.7. The van der Waals surface area contributed by atoms with Crippen molar-refractivity contribution in [1.29, 1.82) is 0 Å². The number of nitrogens with zero attached hydrogens (tertiary/aromatic N) is 1. The lowest BCUT2D eigenvalue weighted by atomic mass is 10.1. The molecule has 0 radical (unpaired) electrons. The summed E-state index contributed by atoms with van der Waals surface area (Å²) < 4.78 is 0. The second-order valence-corrected chi connectivity index (χ2v) is 8.75. The van der Waals surface area contributed by atoms with Crippen LogP contribution in [0.25, 0.3) is 0 Å². The highest BCUT2D eigenvalue weighted by Crippen LogP contribution is 2.43. The van der Waals surface area contributed by atoms with Gasteiger partial charge in [-0.05, 0) is 55.3 Å². The van der Waals surface area contributed by atoms with E-state index in [4.69, 9.17) is 11.6 Å². The van der Waals surface area contributed by atoms with E-state index in [-0.39, 0.29) is 17.2 Å². The Labute approximate surface area is 185 Å². The Morgan fingerprint density at radius 3 is 2.50 bits per heavy atom. The number of amides is 2. The summed E-state index contributed by atoms with van der Waals surface area (Å²) in [5.74, 6) is 0.298. The second kappa shape index (κ2) is 8.54. The van der Waals surface area contributed by atoms with E-state index in [1.54, 1.807) is 36.0 Å². The van der Waals surface area contributed by atoms with Gasteiger partial charge in [-0.1, -0.05) is 53.6 Å². The number of benzene rings is 3. The molecule has 30 heavy (non-hydrogen) atoms. The first kappa shape index (κ1) is 20.5. The molecular formula is C24H21ClN2O2S. The average Bonchev–Trinajstić information content (AvgIpc) is 3.10. The summed E-state index contributed by atoms with van der Waals surface area (Å²) in [5, 5.41) is 3.20. The van der Waals surface area contributed by atoms with Crippen LogP contribution in [0.1, 0.15) is 32.4 Å². The van der Waals surface area contributed by atoms with Crippen molar-refractivity contribution < 1.29 is 9.59 Å². The first-order valence-corrected chi connectivity index (χ1v) is 11.0. The predicted octanol–water partition coefficient (Wildman–Crippen LogP) is 5.99. The lowest BCUT2D eigenvalue weighted by Crippen LogP contribution is -2.28. The quantitative estimate of drug-likeness (QED) is 0.546. The van der Waals surface area contributed by atoms with Gasteiger partial charge in [0.05, 0.1) is 16.3 Å². The number of nitrogens with one attached hydrogen (secondary N) is 1. The van der Waals surface area contributed by atoms with E-state index in [0.717, 1.165) is 16.8 Å². The maximum atomic E-state index is 12.6. The first-order valence-electron chi connectivity index (χ1n) is 9.61. The summed E-state index contributed by atoms with van der Waals surface area (Å²) in [5.41, 5.74) is 5.32. The number of halogens is 1. The Bertz CT molecular complexity index is 1110. The first-order chi connectivity index (χ1) is 14.4. The Morgan fingerprint density at radius 1 is 1.07 bits per heavy atom. The highest BCUT2D eigenvalue weighted by Gasteiger charge is 2.34. The van der Waals surface area contributed by atoms with Crippen LogP contribution in [0.2, 0.25) is 5.02 Å². The third kappa shape index (κ3) is 4.09. The third-order valence-electron chi connectivity index (χ3n) is 5.05. The van der Waals surface area contributed by atoms with Gasteiger partial charge in [0.15, 0.2) is 0 Å². The van der Waals surface area contributed by atoms with Gasteiger partial charge in [-0.3, -0.25) is 14.5 Å². The van der Waals surface area contributed by atoms with Crippen LogP contribution in [0.5, 0.6) is 0 Å². The van der Waals surface area contributed by atoms with Gasteiger partial charge in [0.1, 0.15) is 5.37 Å². The molecule has 0 aliphatic carbocycles. The fourth-order valence-corrected chi connectivity index (χ4v) is 4.97. The van der Waals surface area contributed by atoms with E-state index < -0.39 is 0 Å². The molecule has 3 aromatic carbocycles. The summed E-state index contributed by atoms with van der Waals surface area (Å²) >= 11 is 7.72. The van der Waals surface area contributed by atoms with E-state index in [1.165, 1.54) is 5.56 Å². The Hall–Kier alpha value is -2.76. The van der Waals surface area contributed by atoms with Crippen molar-refractivity contribution in [2.45, 2.75) is 19.2 Å². The molecule has 1 aliphatic heterocycles. The Morgan fingerprint density at radius 2 is 1.80 bits per heavy atom. The van der Waals surface area contributed by atoms with Crippen LogP contribution in [0.3, 0.4) is 0 Å². The molecule has 1 saturated heterocycles. The number of rotatable bonds is 4. The molecule has 1 heterocycles. The maximum Gasteiger partial charge on any atom is 0.257 e. The second-order valence-electron chi connectivity index (χ2n) is 7.27. The number of aryl methyl sites for hydroxylation is 2. The normalized spacial score (nSPS) is 16.0. The minimum absolute atomic E-state index is 0.0905. The number of carbonyl (C=O) groups excluding carboxylic acids is 2. The van der Waals surface area contributed by atoms with E-state index in [2.05, 4.69) is 11.4 Å². The number of thioether (sulfide) groups is 1. The zero-order chi connectivity index (χ0) is 21.3. The third-order valence-corrected chi connectivity index (χ3v) is 6.59. The molecular weight excluding hydrogens is 416 g/mol. The van der Waals surface area contributed by atoms with Crippen LogP contribution >= 0.6 is 23.4 Å². The lowest BCUT2D eigenvalue weighted by Gasteiger charge is -2.26. The van der Waals surface area contributed by atoms with E-state index in [1.807, 2.05) is 55.1 Å². The van der Waals surface area contributed by atoms with Crippen LogP contribution in [0, 0.1) is 13.8 Å². The number of hydrogen-bond acceptors (Lipinski definition) is 3. The van der Waals surface area contributed by atoms with Gasteiger partial charge < -0.3 is 5.32 Å². The molecule has 1 fully saturated rings. The van der Waals surface area contributed by atoms with Crippen molar-refractivity contribution in [2.75, 3.05) is 16.0 Å². The van der Waals surface area contributed by atoms with E-state index in [0.29, 0.717) is 22.0 Å². The molecule has 1 atom stereocenters. The van der Waals surface area contributed by atoms with Crippen molar-refractivity contribution in [1.82, 2.24) is 0 Å². The van der Waals surface area contributed by atoms with Gasteiger partial charge in [0.25, 0.3) is 5.91 Å². The maximum absolute atomic E-state index is 12.6. The molecule has 0 bridgehead atoms. The summed E-state index contributed by atoms with van der Waals surface area (Å²) in [6.07, 6.45) is 0. The topological polar surface area (TPSA) is 49.4 Å². The van der Waals surface area contributed by atoms with Gasteiger partial charge in [0, 0.05) is 11.4 Å². The summed E-state index contributed by atoms with van der Waals surface area (Å²) in [6.45, 7) is 4.08. The van der Waals surface area contributed by atoms with E-state index >= 15 is 0 Å². The number of anilines is 2. The van der Waals surface area contributed by atoms with Crippen LogP contribution < -0.4 is 10.2 Å². The molecule has 6 heteroatoms. The fourth-order valence-electron chi connectivity index (χ4n) is 3.58. The van der Waals surface area contributed by atoms with Gasteiger partial charge >= 0.3 is 0 Å². The van der Waals surface area contributed by atoms with Crippen molar-refractivity contribution in [3.8, 4) is 0 Å². The minimum Gasteiger partial charge on any atom is -0.322 e. The van der Waals surface area contributed by atoms with Gasteiger partial charge in [-0.15, -0.1) is 11.8 Å². The molecule has 1 N–H and O–H groups in total. The van der Waals surface area contributed by atoms with Gasteiger partial charge in [-0.2, -0.15) is 0 Å². The standard InChI is InChI=1S/C24H21ClN2O2S/c1-15-7-12-21(16(2)13-15)27-22(28)14-30-24(27)17-8-10-18(11-9-17)26-23(29)19-5-3-4-6-20(19)25/h3-13,24H,14H2,1-2H3,(H,26,29). The molecule has 4 nitrogen and oxygen atoms in total. The van der Waals surface area contributed by atoms with Crippen LogP contribution in [-0.4, -0.2) is 17.6 Å². The van der Waals surface area contributed by atoms with Crippen LogP contribution in [0.15, 0.2) is 66.7 Å². The number of carbonyl (C=O) groups is 2. The van der Waals surface area contributed by atoms with Crippen molar-refractivity contribution in [3.63, 3.8) is 0 Å². The van der Waals surface area contributed by atoms with Crippen molar-refractivity contribution in [2.24, 2.45) is 0 Å². The molecule has 0 saturated carbocycles. The van der Waals surface area contributed by atoms with Crippen molar-refractivity contribution >= 4 is 46.6 Å². The number of hydrogen-bond donors (Lipinski definition) is 1. The minimum atomic E-state index is -0.254. The summed E-state index contributed by atoms with van der Waals surface area (Å²) in [6, 6.07) is 20.7. The molecule has 4 rings (SSSR count). The fraction of sp³-hybridized carbons (Fsp3) is 0.167. The van der Waals surface area contributed by atoms with Gasteiger partial charge in [0.2, 0.25) is 5.91 Å². The Kier molecular flexibility index (Phi) is 5.84. The van der Waals surface area contributed by atoms with Crippen LogP contribution in [-0.2, 0) is 4.79 Å². The summed E-state index contributed by atoms with van der Waals surface area (Å²) in [7, 11) is 0. The molecule has 3 aromatic rings. The average molecular weight is 437 g/mol. The monoisotopic (exact) mass is 436 g/mol. The molecule has 152 valence electrons. The SMILES string of the molecule is Cc1ccc(N2C(=O)CSC2c2ccc(NC(=O)c3ccccc3Cl)cc2)c(C)c1. The van der Waals surface area contributed by atoms with E-state index in [9.17, 15) is 9.59 Å². The highest BCUT2D eigenvalue weighted by atomic mass is 35.5. The molecule has 1 aliphatic rings. The van der Waals surface area contributed by atoms with Gasteiger partial charge in [-0.25, -0.2) is 0 Å². The molecule has 2 amide bonds. The lowest BCUT2D eigenvalue weighted by molar-refractivity contribution is -0.115. The highest BCUT2D eigenvalue weighted by molar-refractivity contribution is 8.00. The molecule has 1 unspecified atom stereocenters. The van der Waals surface area contributed by atoms with Crippen molar-refractivity contribution in [3.05, 3.63) is 94.0 Å². The summed E-state index contributed by atoms with van der Waals surface area (Å²) in [4.78, 5) is 27.0. The van der Waals surface area contributed by atoms with Crippen LogP contribution in [0.4, 0.5) is 11.4 Å². The smallest absolute Gasteiger partial charge is 0.257 e.